The number of sulfonamides is 1. The van der Waals surface area contributed by atoms with Crippen LogP contribution in [0.4, 0.5) is 10.1 Å². The lowest BCUT2D eigenvalue weighted by Crippen LogP contribution is -2.59. The number of carbonyl (C=O) groups is 1. The van der Waals surface area contributed by atoms with E-state index in [-0.39, 0.29) is 24.9 Å². The molecule has 1 saturated carbocycles. The van der Waals surface area contributed by atoms with Crippen LogP contribution in [0.1, 0.15) is 35.2 Å². The Balaban J connectivity index is 1.26. The van der Waals surface area contributed by atoms with Crippen LogP contribution in [0.15, 0.2) is 36.5 Å². The molecule has 7 rings (SSSR count). The number of methoxy groups -OCH3 is 1. The zero-order valence-corrected chi connectivity index (χ0v) is 26.9. The lowest BCUT2D eigenvalue weighted by atomic mass is 10.0. The maximum atomic E-state index is 14.3. The van der Waals surface area contributed by atoms with Gasteiger partial charge in [-0.15, -0.1) is 0 Å². The van der Waals surface area contributed by atoms with E-state index >= 15 is 0 Å². The molecule has 3 aliphatic rings. The van der Waals surface area contributed by atoms with Gasteiger partial charge < -0.3 is 24.8 Å². The molecule has 13 heteroatoms. The van der Waals surface area contributed by atoms with Crippen molar-refractivity contribution in [1.29, 1.82) is 0 Å². The number of ether oxygens (including phenoxy) is 1. The Bertz CT molecular complexity index is 1900. The summed E-state index contributed by atoms with van der Waals surface area (Å²) in [5.41, 5.74) is 12.1. The zero-order chi connectivity index (χ0) is 31.8. The van der Waals surface area contributed by atoms with Gasteiger partial charge in [-0.3, -0.25) is 4.79 Å². The first-order chi connectivity index (χ1) is 21.4. The molecule has 4 aromatic rings. The smallest absolute Gasteiger partial charge is 0.255 e. The predicted octanol–water partition coefficient (Wildman–Crippen LogP) is 3.27. The van der Waals surface area contributed by atoms with Crippen LogP contribution in [-0.2, 0) is 16.6 Å². The van der Waals surface area contributed by atoms with Gasteiger partial charge in [-0.1, -0.05) is 6.07 Å². The van der Waals surface area contributed by atoms with Gasteiger partial charge in [-0.05, 0) is 56.4 Å². The van der Waals surface area contributed by atoms with Gasteiger partial charge in [-0.25, -0.2) is 17.3 Å². The fourth-order valence-electron chi connectivity index (χ4n) is 6.78. The molecule has 5 heterocycles. The Morgan fingerprint density at radius 2 is 1.91 bits per heavy atom. The number of benzene rings is 1. The third-order valence-electron chi connectivity index (χ3n) is 9.65. The highest BCUT2D eigenvalue weighted by Crippen LogP contribution is 2.40. The second-order valence-electron chi connectivity index (χ2n) is 13.0. The molecule has 3 aromatic heterocycles. The van der Waals surface area contributed by atoms with Gasteiger partial charge in [-0.2, -0.15) is 9.40 Å². The highest BCUT2D eigenvalue weighted by atomic mass is 32.2. The van der Waals surface area contributed by atoms with Crippen molar-refractivity contribution in [3.05, 3.63) is 47.7 Å². The average molecular weight is 638 g/mol. The number of hydrogen-bond donors (Lipinski definition) is 1. The third-order valence-corrected chi connectivity index (χ3v) is 11.0. The Labute approximate surface area is 262 Å². The van der Waals surface area contributed by atoms with E-state index < -0.39 is 22.2 Å². The molecule has 1 aliphatic carbocycles. The van der Waals surface area contributed by atoms with E-state index in [4.69, 9.17) is 15.6 Å². The van der Waals surface area contributed by atoms with Crippen LogP contribution in [0.3, 0.4) is 0 Å². The molecule has 1 aromatic carbocycles. The number of piperidine rings is 1. The van der Waals surface area contributed by atoms with E-state index in [1.54, 1.807) is 30.9 Å². The molecule has 2 aliphatic heterocycles. The largest absolute Gasteiger partial charge is 0.494 e. The maximum Gasteiger partial charge on any atom is 0.255 e. The minimum atomic E-state index is -3.24. The summed E-state index contributed by atoms with van der Waals surface area (Å²) in [4.78, 5) is 17.1. The van der Waals surface area contributed by atoms with E-state index in [1.165, 1.54) is 28.3 Å². The predicted molar refractivity (Wildman–Crippen MR) is 172 cm³/mol. The topological polar surface area (TPSA) is 118 Å². The number of rotatable bonds is 8. The minimum absolute atomic E-state index is 0.0199. The molecule has 0 spiro atoms. The van der Waals surface area contributed by atoms with Gasteiger partial charge in [0, 0.05) is 62.1 Å². The molecule has 240 valence electrons. The van der Waals surface area contributed by atoms with Gasteiger partial charge in [0.1, 0.15) is 23.1 Å². The number of likely N-dealkylation sites (tertiary alicyclic amines) is 1. The fourth-order valence-corrected chi connectivity index (χ4v) is 7.46. The lowest BCUT2D eigenvalue weighted by Gasteiger charge is -2.44. The number of likely N-dealkylation sites (N-methyl/N-ethyl adjacent to an activating group) is 1. The molecule has 0 bridgehead atoms. The number of carbonyl (C=O) groups excluding carboxylic acids is 1. The number of anilines is 1. The Hall–Kier alpha value is -3.68. The van der Waals surface area contributed by atoms with Crippen molar-refractivity contribution in [2.75, 3.05) is 51.5 Å². The molecule has 2 atom stereocenters. The number of hydrogen-bond acceptors (Lipinski definition) is 7. The zero-order valence-electron chi connectivity index (χ0n) is 26.1. The fraction of sp³-hybridized carbons (Fsp3) is 0.500. The number of fused-ring (bicyclic) bond motifs is 2. The summed E-state index contributed by atoms with van der Waals surface area (Å²) < 4.78 is 49.5. The van der Waals surface area contributed by atoms with Gasteiger partial charge in [0.25, 0.3) is 5.91 Å². The van der Waals surface area contributed by atoms with E-state index in [0.717, 1.165) is 45.6 Å². The van der Waals surface area contributed by atoms with Crippen molar-refractivity contribution in [2.45, 2.75) is 51.0 Å². The summed E-state index contributed by atoms with van der Waals surface area (Å²) in [6.07, 6.45) is 4.43. The van der Waals surface area contributed by atoms with Crippen molar-refractivity contribution in [3.8, 4) is 17.1 Å². The molecule has 1 amide bonds. The lowest BCUT2D eigenvalue weighted by molar-refractivity contribution is 0.0606. The average Bonchev–Trinajstić information content (AvgIpc) is 3.64. The minimum Gasteiger partial charge on any atom is -0.494 e. The molecular formula is C32H40FN7O4S. The third kappa shape index (κ3) is 5.44. The summed E-state index contributed by atoms with van der Waals surface area (Å²) in [6.45, 7) is 4.50. The summed E-state index contributed by atoms with van der Waals surface area (Å²) in [7, 11) is -0.0254. The number of halogens is 1. The number of aryl methyl sites for hydroxylation is 1. The van der Waals surface area contributed by atoms with Crippen LogP contribution < -0.4 is 15.4 Å². The SMILES string of the molecule is COc1cc(C(=O)N2C[C@H](N)C[C@@H](F)C2)cn2nc(-c3cc4ccc(N5CC(N(C)S(C)(=O)=O)C5)cc4n3CC3CC3)c(C)c12. The van der Waals surface area contributed by atoms with Crippen molar-refractivity contribution in [2.24, 2.45) is 11.7 Å². The quantitative estimate of drug-likeness (QED) is 0.315. The summed E-state index contributed by atoms with van der Waals surface area (Å²) in [5.74, 6) is 0.828. The second-order valence-corrected chi connectivity index (χ2v) is 15.1. The number of nitrogens with two attached hydrogens (primary N) is 1. The molecule has 11 nitrogen and oxygen atoms in total. The highest BCUT2D eigenvalue weighted by molar-refractivity contribution is 7.88. The van der Waals surface area contributed by atoms with Crippen molar-refractivity contribution in [3.63, 3.8) is 0 Å². The van der Waals surface area contributed by atoms with Gasteiger partial charge in [0.15, 0.2) is 0 Å². The molecule has 45 heavy (non-hydrogen) atoms. The van der Waals surface area contributed by atoms with Crippen LogP contribution in [0.2, 0.25) is 0 Å². The van der Waals surface area contributed by atoms with E-state index in [1.807, 2.05) is 6.92 Å². The van der Waals surface area contributed by atoms with Crippen molar-refractivity contribution in [1.82, 2.24) is 23.4 Å². The maximum absolute atomic E-state index is 14.3. The molecule has 0 unspecified atom stereocenters. The van der Waals surface area contributed by atoms with E-state index in [0.29, 0.717) is 36.9 Å². The van der Waals surface area contributed by atoms with Gasteiger partial charge >= 0.3 is 0 Å². The molecule has 0 radical (unpaired) electrons. The summed E-state index contributed by atoms with van der Waals surface area (Å²) >= 11 is 0. The monoisotopic (exact) mass is 637 g/mol. The van der Waals surface area contributed by atoms with E-state index in [9.17, 15) is 17.6 Å². The highest BCUT2D eigenvalue weighted by Gasteiger charge is 2.35. The first-order valence-corrected chi connectivity index (χ1v) is 17.3. The van der Waals surface area contributed by atoms with Gasteiger partial charge in [0.05, 0.1) is 42.7 Å². The second kappa shape index (κ2) is 11.0. The first kappa shape index (κ1) is 30.0. The number of alkyl halides is 1. The van der Waals surface area contributed by atoms with Crippen LogP contribution in [0, 0.1) is 12.8 Å². The van der Waals surface area contributed by atoms with Crippen LogP contribution in [0.5, 0.6) is 5.75 Å². The first-order valence-electron chi connectivity index (χ1n) is 15.5. The Morgan fingerprint density at radius 1 is 1.16 bits per heavy atom. The van der Waals surface area contributed by atoms with E-state index in [2.05, 4.69) is 33.7 Å². The number of nitrogens with zero attached hydrogens (tertiary/aromatic N) is 6. The van der Waals surface area contributed by atoms with Crippen molar-refractivity contribution < 1.29 is 22.3 Å². The molecule has 2 saturated heterocycles. The number of aromatic nitrogens is 3. The number of amides is 1. The Kier molecular flexibility index (Phi) is 7.33. The van der Waals surface area contributed by atoms with Crippen LogP contribution in [-0.4, -0.2) is 103 Å². The molecule has 3 fully saturated rings. The Morgan fingerprint density at radius 3 is 2.58 bits per heavy atom. The summed E-state index contributed by atoms with van der Waals surface area (Å²) in [5, 5.41) is 6.10. The van der Waals surface area contributed by atoms with Crippen molar-refractivity contribution >= 4 is 38.0 Å². The summed E-state index contributed by atoms with van der Waals surface area (Å²) in [6, 6.07) is 9.85. The normalized spacial score (nSPS) is 21.2. The standard InChI is InChI=1S/C32H40FN7O4S/c1-19-30(35-40-14-22(10-29(44-3)31(19)40)32(41)38-15-23(33)11-24(34)16-38)28-9-21-7-8-25(12-27(21)39(28)13-20-5-6-20)37-17-26(18-37)36(2)45(4,42)43/h7-10,12,14,20,23-24,26H,5-6,11,13,15-18,34H2,1-4H3/t23-,24-/m1/s1. The van der Waals surface area contributed by atoms with Crippen LogP contribution in [0.25, 0.3) is 27.8 Å². The van der Waals surface area contributed by atoms with Crippen LogP contribution >= 0.6 is 0 Å². The number of pyridine rings is 1. The molecular weight excluding hydrogens is 597 g/mol. The molecule has 2 N–H and O–H groups in total. The van der Waals surface area contributed by atoms with Gasteiger partial charge in [0.2, 0.25) is 10.0 Å².